The Morgan fingerprint density at radius 2 is 2.09 bits per heavy atom. The minimum Gasteiger partial charge on any atom is -0.506 e. The molecule has 1 aromatic carbocycles. The number of hydrogen-bond acceptors (Lipinski definition) is 4. The Labute approximate surface area is 131 Å². The molecule has 0 bridgehead atoms. The van der Waals surface area contributed by atoms with E-state index in [0.29, 0.717) is 25.1 Å². The van der Waals surface area contributed by atoms with Gasteiger partial charge >= 0.3 is 0 Å². The molecule has 0 aromatic heterocycles. The second-order valence-corrected chi connectivity index (χ2v) is 7.49. The molecule has 1 amide bonds. The molecular formula is C15H22N2O4S. The van der Waals surface area contributed by atoms with Gasteiger partial charge in [0.25, 0.3) is 0 Å². The monoisotopic (exact) mass is 326 g/mol. The highest BCUT2D eigenvalue weighted by molar-refractivity contribution is 7.89. The number of para-hydroxylation sites is 2. The summed E-state index contributed by atoms with van der Waals surface area (Å²) in [6.45, 7) is 2.18. The molecule has 7 heteroatoms. The molecule has 1 aromatic rings. The van der Waals surface area contributed by atoms with E-state index in [2.05, 4.69) is 5.32 Å². The van der Waals surface area contributed by atoms with E-state index in [1.165, 1.54) is 10.4 Å². The Kier molecular flexibility index (Phi) is 5.42. The van der Waals surface area contributed by atoms with E-state index in [9.17, 15) is 18.3 Å². The van der Waals surface area contributed by atoms with Crippen molar-refractivity contribution < 1.29 is 18.3 Å². The number of hydrogen-bond donors (Lipinski definition) is 2. The van der Waals surface area contributed by atoms with Crippen LogP contribution < -0.4 is 5.32 Å². The van der Waals surface area contributed by atoms with Crippen LogP contribution in [0, 0.1) is 0 Å². The molecule has 6 nitrogen and oxygen atoms in total. The number of amides is 1. The third-order valence-electron chi connectivity index (χ3n) is 3.74. The van der Waals surface area contributed by atoms with Crippen molar-refractivity contribution in [1.29, 1.82) is 0 Å². The highest BCUT2D eigenvalue weighted by Crippen LogP contribution is 2.25. The lowest BCUT2D eigenvalue weighted by molar-refractivity contribution is -0.120. The molecule has 1 unspecified atom stereocenters. The largest absolute Gasteiger partial charge is 0.506 e. The summed E-state index contributed by atoms with van der Waals surface area (Å²) >= 11 is 0. The van der Waals surface area contributed by atoms with E-state index in [1.54, 1.807) is 25.1 Å². The smallest absolute Gasteiger partial charge is 0.242 e. The summed E-state index contributed by atoms with van der Waals surface area (Å²) in [5.41, 5.74) is 0.297. The van der Waals surface area contributed by atoms with Gasteiger partial charge in [-0.2, -0.15) is 4.31 Å². The molecule has 1 aliphatic heterocycles. The van der Waals surface area contributed by atoms with Gasteiger partial charge < -0.3 is 10.4 Å². The zero-order chi connectivity index (χ0) is 16.2. The minimum atomic E-state index is -3.42. The predicted molar refractivity (Wildman–Crippen MR) is 85.2 cm³/mol. The van der Waals surface area contributed by atoms with Gasteiger partial charge in [0.1, 0.15) is 11.8 Å². The summed E-state index contributed by atoms with van der Waals surface area (Å²) in [5, 5.41) is 12.4. The molecule has 0 saturated carbocycles. The molecule has 1 atom stereocenters. The Bertz CT molecular complexity index is 630. The SMILES string of the molecule is CCCS(=O)(=O)N1CCCCC1C(=O)Nc1ccccc1O. The normalized spacial score (nSPS) is 19.8. The maximum atomic E-state index is 12.5. The van der Waals surface area contributed by atoms with Crippen molar-refractivity contribution in [3.63, 3.8) is 0 Å². The van der Waals surface area contributed by atoms with Crippen LogP contribution in [0.25, 0.3) is 0 Å². The summed E-state index contributed by atoms with van der Waals surface area (Å²) in [5.74, 6) is -0.372. The molecule has 1 aliphatic rings. The maximum absolute atomic E-state index is 12.5. The zero-order valence-electron chi connectivity index (χ0n) is 12.7. The second-order valence-electron chi connectivity index (χ2n) is 5.44. The van der Waals surface area contributed by atoms with Gasteiger partial charge in [-0.15, -0.1) is 0 Å². The number of rotatable bonds is 5. The van der Waals surface area contributed by atoms with Gasteiger partial charge in [0.05, 0.1) is 11.4 Å². The summed E-state index contributed by atoms with van der Waals surface area (Å²) in [7, 11) is -3.42. The summed E-state index contributed by atoms with van der Waals surface area (Å²) in [6, 6.07) is 5.71. The van der Waals surface area contributed by atoms with Crippen molar-refractivity contribution in [2.24, 2.45) is 0 Å². The Balaban J connectivity index is 2.17. The Morgan fingerprint density at radius 1 is 1.36 bits per heavy atom. The fourth-order valence-electron chi connectivity index (χ4n) is 2.67. The lowest BCUT2D eigenvalue weighted by Gasteiger charge is -2.33. The number of anilines is 1. The van der Waals surface area contributed by atoms with Crippen molar-refractivity contribution >= 4 is 21.6 Å². The minimum absolute atomic E-state index is 0.0328. The van der Waals surface area contributed by atoms with Gasteiger partial charge in [-0.3, -0.25) is 4.79 Å². The average molecular weight is 326 g/mol. The van der Waals surface area contributed by atoms with E-state index in [0.717, 1.165) is 12.8 Å². The van der Waals surface area contributed by atoms with E-state index < -0.39 is 16.1 Å². The van der Waals surface area contributed by atoms with Crippen LogP contribution in [0.2, 0.25) is 0 Å². The van der Waals surface area contributed by atoms with Gasteiger partial charge in [-0.25, -0.2) is 8.42 Å². The molecule has 2 rings (SSSR count). The van der Waals surface area contributed by atoms with E-state index in [4.69, 9.17) is 0 Å². The first-order chi connectivity index (χ1) is 10.5. The van der Waals surface area contributed by atoms with Crippen molar-refractivity contribution in [2.45, 2.75) is 38.6 Å². The van der Waals surface area contributed by atoms with Gasteiger partial charge in [-0.1, -0.05) is 25.5 Å². The molecule has 1 heterocycles. The van der Waals surface area contributed by atoms with Gasteiger partial charge in [0, 0.05) is 6.54 Å². The first kappa shape index (κ1) is 16.8. The van der Waals surface area contributed by atoms with E-state index in [-0.39, 0.29) is 17.4 Å². The summed E-state index contributed by atoms with van der Waals surface area (Å²) in [4.78, 5) is 12.5. The van der Waals surface area contributed by atoms with E-state index in [1.807, 2.05) is 0 Å². The lowest BCUT2D eigenvalue weighted by Crippen LogP contribution is -2.50. The number of phenolic OH excluding ortho intramolecular Hbond substituents is 1. The average Bonchev–Trinajstić information content (AvgIpc) is 2.49. The fraction of sp³-hybridized carbons (Fsp3) is 0.533. The van der Waals surface area contributed by atoms with Crippen LogP contribution in [0.1, 0.15) is 32.6 Å². The van der Waals surface area contributed by atoms with Crippen molar-refractivity contribution in [1.82, 2.24) is 4.31 Å². The number of nitrogens with zero attached hydrogens (tertiary/aromatic N) is 1. The van der Waals surface area contributed by atoms with Gasteiger partial charge in [-0.05, 0) is 31.4 Å². The highest BCUT2D eigenvalue weighted by Gasteiger charge is 2.36. The highest BCUT2D eigenvalue weighted by atomic mass is 32.2. The van der Waals surface area contributed by atoms with Crippen LogP contribution in [0.15, 0.2) is 24.3 Å². The van der Waals surface area contributed by atoms with Gasteiger partial charge in [0.2, 0.25) is 15.9 Å². The first-order valence-corrected chi connectivity index (χ1v) is 9.15. The number of carbonyl (C=O) groups is 1. The number of piperidine rings is 1. The molecule has 1 fully saturated rings. The fourth-order valence-corrected chi connectivity index (χ4v) is 4.42. The van der Waals surface area contributed by atoms with E-state index >= 15 is 0 Å². The van der Waals surface area contributed by atoms with Crippen LogP contribution in [0.3, 0.4) is 0 Å². The lowest BCUT2D eigenvalue weighted by atomic mass is 10.0. The van der Waals surface area contributed by atoms with Crippen molar-refractivity contribution in [2.75, 3.05) is 17.6 Å². The molecule has 1 saturated heterocycles. The first-order valence-electron chi connectivity index (χ1n) is 7.54. The van der Waals surface area contributed by atoms with Crippen LogP contribution in [0.5, 0.6) is 5.75 Å². The molecule has 22 heavy (non-hydrogen) atoms. The predicted octanol–water partition coefficient (Wildman–Crippen LogP) is 1.92. The molecule has 0 spiro atoms. The van der Waals surface area contributed by atoms with Crippen LogP contribution in [0.4, 0.5) is 5.69 Å². The number of aromatic hydroxyl groups is 1. The molecule has 0 aliphatic carbocycles. The topological polar surface area (TPSA) is 86.7 Å². The van der Waals surface area contributed by atoms with Crippen molar-refractivity contribution in [3.8, 4) is 5.75 Å². The Morgan fingerprint density at radius 3 is 2.77 bits per heavy atom. The Hall–Kier alpha value is -1.60. The molecule has 0 radical (unpaired) electrons. The summed E-state index contributed by atoms with van der Waals surface area (Å²) in [6.07, 6.45) is 2.61. The van der Waals surface area contributed by atoms with Gasteiger partial charge in [0.15, 0.2) is 0 Å². The standard InChI is InChI=1S/C15H22N2O4S/c1-2-11-22(20,21)17-10-6-5-8-13(17)15(19)16-12-7-3-4-9-14(12)18/h3-4,7,9,13,18H,2,5-6,8,10-11H2,1H3,(H,16,19). The van der Waals surface area contributed by atoms with Crippen LogP contribution in [-0.4, -0.2) is 42.1 Å². The zero-order valence-corrected chi connectivity index (χ0v) is 13.5. The second kappa shape index (κ2) is 7.11. The van der Waals surface area contributed by atoms with Crippen molar-refractivity contribution in [3.05, 3.63) is 24.3 Å². The number of benzene rings is 1. The third-order valence-corrected chi connectivity index (χ3v) is 5.81. The number of sulfonamides is 1. The maximum Gasteiger partial charge on any atom is 0.242 e. The molecular weight excluding hydrogens is 304 g/mol. The van der Waals surface area contributed by atoms with Crippen LogP contribution >= 0.6 is 0 Å². The number of nitrogens with one attached hydrogen (secondary N) is 1. The number of carbonyl (C=O) groups excluding carboxylic acids is 1. The quantitative estimate of drug-likeness (QED) is 0.809. The third kappa shape index (κ3) is 3.78. The molecule has 122 valence electrons. The number of phenols is 1. The van der Waals surface area contributed by atoms with Crippen LogP contribution in [-0.2, 0) is 14.8 Å². The molecule has 2 N–H and O–H groups in total. The summed E-state index contributed by atoms with van der Waals surface area (Å²) < 4.78 is 25.9.